The smallest absolute Gasteiger partial charge is 0.229 e. The van der Waals surface area contributed by atoms with Gasteiger partial charge in [0, 0.05) is 18.5 Å². The summed E-state index contributed by atoms with van der Waals surface area (Å²) in [4.78, 5) is 14.5. The number of anilines is 1. The van der Waals surface area contributed by atoms with Crippen LogP contribution in [0.15, 0.2) is 54.6 Å². The maximum absolute atomic E-state index is 12.4. The second-order valence-electron chi connectivity index (χ2n) is 8.83. The Labute approximate surface area is 195 Å². The molecule has 1 amide bonds. The van der Waals surface area contributed by atoms with Crippen molar-refractivity contribution in [3.63, 3.8) is 0 Å². The van der Waals surface area contributed by atoms with Crippen molar-refractivity contribution in [2.75, 3.05) is 39.7 Å². The van der Waals surface area contributed by atoms with Crippen LogP contribution in [0.4, 0.5) is 5.82 Å². The van der Waals surface area contributed by atoms with E-state index in [2.05, 4.69) is 38.6 Å². The highest BCUT2D eigenvalue weighted by Crippen LogP contribution is 2.49. The zero-order chi connectivity index (χ0) is 23.2. The first-order valence-corrected chi connectivity index (χ1v) is 11.4. The van der Waals surface area contributed by atoms with Gasteiger partial charge in [0.05, 0.1) is 19.2 Å². The molecule has 3 aromatic rings. The summed E-state index contributed by atoms with van der Waals surface area (Å²) in [5.74, 6) is 3.17. The molecular formula is C26H32N4O3. The normalized spacial score (nSPS) is 17.5. The average molecular weight is 449 g/mol. The van der Waals surface area contributed by atoms with E-state index in [1.807, 2.05) is 50.5 Å². The summed E-state index contributed by atoms with van der Waals surface area (Å²) in [7, 11) is 5.72. The number of carbonyl (C=O) groups is 1. The van der Waals surface area contributed by atoms with Crippen molar-refractivity contribution >= 4 is 11.7 Å². The standard InChI is InChI=1S/C26H32N4O3/c1-30(2)12-13-33-24-7-5-4-6-22(24)19-15-20(16-19)23-17-25(29-28-23)27-26(31)14-18-8-10-21(32-3)11-9-18/h4-11,17,19-20H,12-16H2,1-3H3,(H2,27,28,29,31). The average Bonchev–Trinajstić information content (AvgIpc) is 3.21. The zero-order valence-electron chi connectivity index (χ0n) is 19.5. The molecule has 1 aliphatic carbocycles. The Morgan fingerprint density at radius 3 is 2.61 bits per heavy atom. The van der Waals surface area contributed by atoms with Gasteiger partial charge in [0.25, 0.3) is 0 Å². The predicted octanol–water partition coefficient (Wildman–Crippen LogP) is 4.20. The van der Waals surface area contributed by atoms with Gasteiger partial charge in [-0.25, -0.2) is 0 Å². The topological polar surface area (TPSA) is 79.5 Å². The van der Waals surface area contributed by atoms with Crippen LogP contribution in [0, 0.1) is 0 Å². The van der Waals surface area contributed by atoms with E-state index in [1.165, 1.54) is 5.56 Å². The van der Waals surface area contributed by atoms with Crippen LogP contribution in [0.3, 0.4) is 0 Å². The number of hydrogen-bond donors (Lipinski definition) is 2. The third-order valence-electron chi connectivity index (χ3n) is 6.11. The molecular weight excluding hydrogens is 416 g/mol. The Bertz CT molecular complexity index is 1060. The SMILES string of the molecule is COc1ccc(CC(=O)Nc2cc(C3CC(c4ccccc4OCCN(C)C)C3)n[nH]2)cc1. The van der Waals surface area contributed by atoms with E-state index in [1.54, 1.807) is 7.11 Å². The van der Waals surface area contributed by atoms with E-state index in [0.717, 1.165) is 42.1 Å². The maximum Gasteiger partial charge on any atom is 0.229 e. The molecule has 1 aliphatic rings. The lowest BCUT2D eigenvalue weighted by molar-refractivity contribution is -0.115. The second-order valence-corrected chi connectivity index (χ2v) is 8.83. The fraction of sp³-hybridized carbons (Fsp3) is 0.385. The Balaban J connectivity index is 1.29. The number of methoxy groups -OCH3 is 1. The fourth-order valence-electron chi connectivity index (χ4n) is 4.13. The Morgan fingerprint density at radius 1 is 1.12 bits per heavy atom. The van der Waals surface area contributed by atoms with Gasteiger partial charge in [0.15, 0.2) is 0 Å². The molecule has 1 fully saturated rings. The first kappa shape index (κ1) is 22.9. The van der Waals surface area contributed by atoms with Crippen LogP contribution in [0.1, 0.15) is 41.5 Å². The van der Waals surface area contributed by atoms with Gasteiger partial charge < -0.3 is 19.7 Å². The minimum atomic E-state index is -0.0781. The molecule has 1 aromatic heterocycles. The highest BCUT2D eigenvalue weighted by molar-refractivity contribution is 5.91. The number of carbonyl (C=O) groups excluding carboxylic acids is 1. The van der Waals surface area contributed by atoms with E-state index in [9.17, 15) is 4.79 Å². The van der Waals surface area contributed by atoms with E-state index in [0.29, 0.717) is 30.7 Å². The molecule has 7 nitrogen and oxygen atoms in total. The lowest BCUT2D eigenvalue weighted by atomic mass is 9.70. The summed E-state index contributed by atoms with van der Waals surface area (Å²) in [6.07, 6.45) is 2.35. The molecule has 0 saturated heterocycles. The lowest BCUT2D eigenvalue weighted by Crippen LogP contribution is -2.22. The quantitative estimate of drug-likeness (QED) is 0.486. The van der Waals surface area contributed by atoms with Crippen molar-refractivity contribution < 1.29 is 14.3 Å². The molecule has 4 rings (SSSR count). The molecule has 0 unspecified atom stereocenters. The summed E-state index contributed by atoms with van der Waals surface area (Å²) in [6, 6.07) is 17.8. The molecule has 0 atom stereocenters. The molecule has 33 heavy (non-hydrogen) atoms. The minimum absolute atomic E-state index is 0.0781. The highest BCUT2D eigenvalue weighted by Gasteiger charge is 2.34. The van der Waals surface area contributed by atoms with Crippen LogP contribution in [0.25, 0.3) is 0 Å². The number of aromatic amines is 1. The van der Waals surface area contributed by atoms with Gasteiger partial charge in [-0.15, -0.1) is 0 Å². The van der Waals surface area contributed by atoms with E-state index in [-0.39, 0.29) is 5.91 Å². The van der Waals surface area contributed by atoms with Gasteiger partial charge in [0.1, 0.15) is 23.9 Å². The number of nitrogens with one attached hydrogen (secondary N) is 2. The molecule has 2 aromatic carbocycles. The minimum Gasteiger partial charge on any atom is -0.497 e. The number of H-pyrrole nitrogens is 1. The summed E-state index contributed by atoms with van der Waals surface area (Å²) >= 11 is 0. The highest BCUT2D eigenvalue weighted by atomic mass is 16.5. The summed E-state index contributed by atoms with van der Waals surface area (Å²) in [6.45, 7) is 1.57. The third kappa shape index (κ3) is 5.93. The number of amides is 1. The van der Waals surface area contributed by atoms with Crippen molar-refractivity contribution in [3.8, 4) is 11.5 Å². The molecule has 0 radical (unpaired) electrons. The number of likely N-dealkylation sites (N-methyl/N-ethyl adjacent to an activating group) is 1. The van der Waals surface area contributed by atoms with Crippen molar-refractivity contribution in [2.45, 2.75) is 31.1 Å². The monoisotopic (exact) mass is 448 g/mol. The number of ether oxygens (including phenoxy) is 2. The van der Waals surface area contributed by atoms with Gasteiger partial charge in [0.2, 0.25) is 5.91 Å². The van der Waals surface area contributed by atoms with Crippen LogP contribution in [0.2, 0.25) is 0 Å². The number of nitrogens with zero attached hydrogens (tertiary/aromatic N) is 2. The second kappa shape index (κ2) is 10.5. The van der Waals surface area contributed by atoms with E-state index < -0.39 is 0 Å². The van der Waals surface area contributed by atoms with Crippen molar-refractivity contribution in [1.29, 1.82) is 0 Å². The maximum atomic E-state index is 12.4. The van der Waals surface area contributed by atoms with Gasteiger partial charge in [-0.3, -0.25) is 9.89 Å². The fourth-order valence-corrected chi connectivity index (χ4v) is 4.13. The van der Waals surface area contributed by atoms with Crippen molar-refractivity contribution in [2.24, 2.45) is 0 Å². The Hall–Kier alpha value is -3.32. The Kier molecular flexibility index (Phi) is 7.29. The number of hydrogen-bond acceptors (Lipinski definition) is 5. The van der Waals surface area contributed by atoms with Crippen molar-refractivity contribution in [1.82, 2.24) is 15.1 Å². The van der Waals surface area contributed by atoms with E-state index in [4.69, 9.17) is 9.47 Å². The molecule has 7 heteroatoms. The van der Waals surface area contributed by atoms with Crippen LogP contribution in [-0.4, -0.2) is 55.4 Å². The van der Waals surface area contributed by atoms with Crippen LogP contribution < -0.4 is 14.8 Å². The van der Waals surface area contributed by atoms with Crippen LogP contribution in [0.5, 0.6) is 11.5 Å². The largest absolute Gasteiger partial charge is 0.497 e. The summed E-state index contributed by atoms with van der Waals surface area (Å²) < 4.78 is 11.2. The number of benzene rings is 2. The number of aromatic nitrogens is 2. The summed E-state index contributed by atoms with van der Waals surface area (Å²) in [5, 5.41) is 10.3. The molecule has 1 heterocycles. The first-order chi connectivity index (χ1) is 16.0. The van der Waals surface area contributed by atoms with Gasteiger partial charge in [-0.1, -0.05) is 30.3 Å². The first-order valence-electron chi connectivity index (χ1n) is 11.4. The van der Waals surface area contributed by atoms with Gasteiger partial charge >= 0.3 is 0 Å². The number of para-hydroxylation sites is 1. The summed E-state index contributed by atoms with van der Waals surface area (Å²) in [5.41, 5.74) is 3.20. The van der Waals surface area contributed by atoms with Crippen LogP contribution >= 0.6 is 0 Å². The molecule has 0 aliphatic heterocycles. The zero-order valence-corrected chi connectivity index (χ0v) is 19.5. The van der Waals surface area contributed by atoms with Crippen molar-refractivity contribution in [3.05, 3.63) is 71.4 Å². The molecule has 174 valence electrons. The third-order valence-corrected chi connectivity index (χ3v) is 6.11. The van der Waals surface area contributed by atoms with E-state index >= 15 is 0 Å². The van der Waals surface area contributed by atoms with Gasteiger partial charge in [-0.2, -0.15) is 5.10 Å². The lowest BCUT2D eigenvalue weighted by Gasteiger charge is -2.35. The number of rotatable bonds is 10. The van der Waals surface area contributed by atoms with Gasteiger partial charge in [-0.05, 0) is 62.2 Å². The molecule has 0 spiro atoms. The van der Waals surface area contributed by atoms with Crippen LogP contribution in [-0.2, 0) is 11.2 Å². The predicted molar refractivity (Wildman–Crippen MR) is 129 cm³/mol. The molecule has 1 saturated carbocycles. The molecule has 2 N–H and O–H groups in total. The molecule has 0 bridgehead atoms. The Morgan fingerprint density at radius 2 is 1.88 bits per heavy atom.